The lowest BCUT2D eigenvalue weighted by molar-refractivity contribution is -0.406. The van der Waals surface area contributed by atoms with Crippen molar-refractivity contribution in [2.45, 2.75) is 112 Å². The quantitative estimate of drug-likeness (QED) is 0.104. The Hall–Kier alpha value is -1.03. The molecule has 3 N–H and O–H groups in total. The molecule has 1 saturated heterocycles. The van der Waals surface area contributed by atoms with Gasteiger partial charge in [-0.2, -0.15) is 0 Å². The molecule has 8 nitrogen and oxygen atoms in total. The van der Waals surface area contributed by atoms with Crippen molar-refractivity contribution in [1.29, 1.82) is 0 Å². The summed E-state index contributed by atoms with van der Waals surface area (Å²) in [5.41, 5.74) is 0.594. The van der Waals surface area contributed by atoms with E-state index in [1.807, 2.05) is 6.92 Å². The second-order valence-electron chi connectivity index (χ2n) is 12.6. The summed E-state index contributed by atoms with van der Waals surface area (Å²) in [5.74, 6) is 1.23. The highest BCUT2D eigenvalue weighted by Gasteiger charge is 2.48. The Morgan fingerprint density at radius 2 is 1.69 bits per heavy atom. The van der Waals surface area contributed by atoms with Crippen LogP contribution < -0.4 is 0 Å². The van der Waals surface area contributed by atoms with Gasteiger partial charge in [0.1, 0.15) is 18.3 Å². The van der Waals surface area contributed by atoms with Gasteiger partial charge in [0.05, 0.1) is 6.61 Å². The van der Waals surface area contributed by atoms with E-state index in [0.717, 1.165) is 12.8 Å². The smallest absolute Gasteiger partial charge is 0.220 e. The van der Waals surface area contributed by atoms with Crippen molar-refractivity contribution in [2.75, 3.05) is 13.7 Å². The molecular weight excluding hydrogens is 452 g/mol. The van der Waals surface area contributed by atoms with E-state index < -0.39 is 37.3 Å². The number of aliphatic hydroxyl groups excluding tert-OH is 2. The molecule has 1 aliphatic heterocycles. The van der Waals surface area contributed by atoms with Crippen molar-refractivity contribution in [2.24, 2.45) is 28.6 Å². The van der Waals surface area contributed by atoms with Crippen molar-refractivity contribution in [3.8, 4) is 0 Å². The van der Waals surface area contributed by atoms with Gasteiger partial charge in [0.15, 0.2) is 18.1 Å². The van der Waals surface area contributed by atoms with Crippen LogP contribution in [0.4, 0.5) is 0 Å². The molecule has 0 saturated carbocycles. The summed E-state index contributed by atoms with van der Waals surface area (Å²) >= 11 is 0. The van der Waals surface area contributed by atoms with Crippen LogP contribution in [0.25, 0.3) is 0 Å². The second-order valence-corrected chi connectivity index (χ2v) is 12.6. The number of hydrogen-bond donors (Lipinski definition) is 3. The largest absolute Gasteiger partial charge is 0.482 e. The van der Waals surface area contributed by atoms with Gasteiger partial charge in [0, 0.05) is 7.11 Å². The van der Waals surface area contributed by atoms with E-state index in [1.54, 1.807) is 6.08 Å². The van der Waals surface area contributed by atoms with Gasteiger partial charge in [0.25, 0.3) is 0 Å². The molecule has 1 heterocycles. The summed E-state index contributed by atoms with van der Waals surface area (Å²) in [6, 6.07) is 0. The third-order valence-electron chi connectivity index (χ3n) is 6.50. The minimum absolute atomic E-state index is 0.0801. The Morgan fingerprint density at radius 3 is 2.17 bits per heavy atom. The van der Waals surface area contributed by atoms with Gasteiger partial charge in [-0.25, -0.2) is 10.1 Å². The molecule has 0 aromatic carbocycles. The van der Waals surface area contributed by atoms with E-state index >= 15 is 0 Å². The highest BCUT2D eigenvalue weighted by Crippen LogP contribution is 2.39. The summed E-state index contributed by atoms with van der Waals surface area (Å²) in [7, 11) is 1.36. The lowest BCUT2D eigenvalue weighted by Gasteiger charge is -2.42. The van der Waals surface area contributed by atoms with Gasteiger partial charge >= 0.3 is 0 Å². The van der Waals surface area contributed by atoms with Gasteiger partial charge in [-0.1, -0.05) is 55.4 Å². The molecule has 0 aromatic heterocycles. The number of ether oxygens (including phenoxy) is 3. The first-order valence-electron chi connectivity index (χ1n) is 12.8. The van der Waals surface area contributed by atoms with Gasteiger partial charge < -0.3 is 24.4 Å². The van der Waals surface area contributed by atoms with Crippen LogP contribution in [-0.4, -0.2) is 66.2 Å². The fourth-order valence-electron chi connectivity index (χ4n) is 6.11. The zero-order valence-electron chi connectivity index (χ0n) is 23.2. The molecule has 0 aliphatic carbocycles. The molecule has 1 fully saturated rings. The Bertz CT molecular complexity index is 656. The predicted molar refractivity (Wildman–Crippen MR) is 134 cm³/mol. The fourth-order valence-corrected chi connectivity index (χ4v) is 6.11. The molecule has 0 radical (unpaired) electrons. The SMILES string of the molecule is COC1C(O)C(OO)OC(CO)C1O/C(C=O)=C\C(C)CC(C)CC(C)CC(C)(C)CC(C)(C)C. The number of aliphatic hydroxyl groups is 2. The monoisotopic (exact) mass is 502 g/mol. The van der Waals surface area contributed by atoms with Crippen LogP contribution in [0.15, 0.2) is 11.8 Å². The fraction of sp³-hybridized carbons (Fsp3) is 0.889. The Morgan fingerprint density at radius 1 is 1.06 bits per heavy atom. The highest BCUT2D eigenvalue weighted by atomic mass is 17.1. The van der Waals surface area contributed by atoms with Crippen LogP contribution in [-0.2, 0) is 23.9 Å². The van der Waals surface area contributed by atoms with E-state index in [9.17, 15) is 15.0 Å². The summed E-state index contributed by atoms with van der Waals surface area (Å²) in [5, 5.41) is 29.0. The van der Waals surface area contributed by atoms with Crippen LogP contribution in [0.3, 0.4) is 0 Å². The first-order chi connectivity index (χ1) is 16.2. The third-order valence-corrected chi connectivity index (χ3v) is 6.50. The average Bonchev–Trinajstić information content (AvgIpc) is 2.70. The minimum atomic E-state index is -1.39. The van der Waals surface area contributed by atoms with Crippen molar-refractivity contribution < 1.29 is 39.4 Å². The third kappa shape index (κ3) is 10.9. The lowest BCUT2D eigenvalue weighted by atomic mass is 9.71. The zero-order valence-corrected chi connectivity index (χ0v) is 23.2. The topological polar surface area (TPSA) is 115 Å². The van der Waals surface area contributed by atoms with E-state index in [2.05, 4.69) is 53.4 Å². The van der Waals surface area contributed by atoms with Crippen molar-refractivity contribution in [3.05, 3.63) is 11.8 Å². The molecule has 0 amide bonds. The average molecular weight is 503 g/mol. The van der Waals surface area contributed by atoms with Crippen LogP contribution in [0.1, 0.15) is 81.1 Å². The summed E-state index contributed by atoms with van der Waals surface area (Å²) < 4.78 is 16.5. The number of aldehydes is 1. The Kier molecular flexibility index (Phi) is 12.8. The minimum Gasteiger partial charge on any atom is -0.482 e. The first-order valence-corrected chi connectivity index (χ1v) is 12.8. The number of allylic oxidation sites excluding steroid dienone is 2. The van der Waals surface area contributed by atoms with Crippen LogP contribution in [0.2, 0.25) is 0 Å². The van der Waals surface area contributed by atoms with E-state index in [-0.39, 0.29) is 17.1 Å². The van der Waals surface area contributed by atoms with E-state index in [0.29, 0.717) is 23.5 Å². The molecular formula is C27H50O8. The molecule has 206 valence electrons. The maximum atomic E-state index is 11.8. The molecule has 8 unspecified atom stereocenters. The molecule has 0 spiro atoms. The second kappa shape index (κ2) is 14.1. The van der Waals surface area contributed by atoms with E-state index in [4.69, 9.17) is 19.5 Å². The van der Waals surface area contributed by atoms with Crippen molar-refractivity contribution in [1.82, 2.24) is 0 Å². The van der Waals surface area contributed by atoms with Crippen molar-refractivity contribution in [3.63, 3.8) is 0 Å². The number of hydrogen-bond acceptors (Lipinski definition) is 8. The maximum Gasteiger partial charge on any atom is 0.220 e. The molecule has 1 rings (SSSR count). The maximum absolute atomic E-state index is 11.8. The Labute approximate surface area is 211 Å². The van der Waals surface area contributed by atoms with Crippen LogP contribution in [0, 0.1) is 28.6 Å². The number of carbonyl (C=O) groups is 1. The van der Waals surface area contributed by atoms with Crippen LogP contribution in [0.5, 0.6) is 0 Å². The normalized spacial score (nSPS) is 28.9. The molecule has 8 heteroatoms. The number of rotatable bonds is 14. The highest BCUT2D eigenvalue weighted by molar-refractivity contribution is 5.70. The van der Waals surface area contributed by atoms with Gasteiger partial charge in [-0.05, 0) is 60.3 Å². The molecule has 8 atom stereocenters. The molecule has 35 heavy (non-hydrogen) atoms. The van der Waals surface area contributed by atoms with Gasteiger partial charge in [0.2, 0.25) is 6.29 Å². The molecule has 0 aromatic rings. The number of methoxy groups -OCH3 is 1. The van der Waals surface area contributed by atoms with Crippen molar-refractivity contribution >= 4 is 6.29 Å². The standard InChI is InChI=1S/C27H50O8/c1-17(11-19(3)13-27(7,8)16-26(4,5)6)10-18(2)12-20(14-28)33-23-21(15-29)34-25(35-31)22(30)24(23)32-9/h12,14,17-19,21-25,29-31H,10-11,13,15-16H2,1-9H3/b20-12-. The number of carbonyl (C=O) groups excluding carboxylic acids is 1. The van der Waals surface area contributed by atoms with Crippen LogP contribution >= 0.6 is 0 Å². The summed E-state index contributed by atoms with van der Waals surface area (Å²) in [6.45, 7) is 17.7. The Balaban J connectivity index is 2.76. The molecule has 0 bridgehead atoms. The summed E-state index contributed by atoms with van der Waals surface area (Å²) in [4.78, 5) is 15.9. The first kappa shape index (κ1) is 32.0. The zero-order chi connectivity index (χ0) is 27.0. The predicted octanol–water partition coefficient (Wildman–Crippen LogP) is 4.58. The molecule has 1 aliphatic rings. The van der Waals surface area contributed by atoms with E-state index in [1.165, 1.54) is 20.0 Å². The lowest BCUT2D eigenvalue weighted by Crippen LogP contribution is -2.60. The summed E-state index contributed by atoms with van der Waals surface area (Å²) in [6.07, 6.45) is 1.06. The van der Waals surface area contributed by atoms with Gasteiger partial charge in [-0.15, -0.1) is 0 Å². The van der Waals surface area contributed by atoms with Gasteiger partial charge in [-0.3, -0.25) is 4.79 Å².